The summed E-state index contributed by atoms with van der Waals surface area (Å²) in [5, 5.41) is 16.3. The fourth-order valence-corrected chi connectivity index (χ4v) is 4.67. The van der Waals surface area contributed by atoms with E-state index in [1.807, 2.05) is 6.07 Å². The van der Waals surface area contributed by atoms with E-state index in [9.17, 15) is 19.2 Å². The van der Waals surface area contributed by atoms with Crippen molar-refractivity contribution < 1.29 is 29.0 Å². The normalized spacial score (nSPS) is 13.8. The fourth-order valence-electron chi connectivity index (χ4n) is 3.50. The lowest BCUT2D eigenvalue weighted by Crippen LogP contribution is -2.51. The maximum absolute atomic E-state index is 12.1. The summed E-state index contributed by atoms with van der Waals surface area (Å²) < 4.78 is 5.85. The highest BCUT2D eigenvalue weighted by Gasteiger charge is 2.21. The lowest BCUT2D eigenvalue weighted by molar-refractivity contribution is -0.137. The first-order valence-corrected chi connectivity index (χ1v) is 12.6. The summed E-state index contributed by atoms with van der Waals surface area (Å²) in [6, 6.07) is 5.33. The van der Waals surface area contributed by atoms with Crippen LogP contribution in [0.5, 0.6) is 5.75 Å². The molecule has 0 spiro atoms. The SMILES string of the molecule is CC(=O)NCC(=O)N1CCN(CCOc2ccc(-c3nc(CC(=O)NCC(=O)O)cs3)c(Cl)c2)CC1. The lowest BCUT2D eigenvalue weighted by atomic mass is 10.2. The second-order valence-corrected chi connectivity index (χ2v) is 9.38. The molecule has 0 aliphatic carbocycles. The zero-order valence-electron chi connectivity index (χ0n) is 19.8. The number of hydrogen-bond donors (Lipinski definition) is 3. The highest BCUT2D eigenvalue weighted by Crippen LogP contribution is 2.33. The number of aromatic nitrogens is 1. The zero-order valence-corrected chi connectivity index (χ0v) is 21.4. The van der Waals surface area contributed by atoms with E-state index in [1.165, 1.54) is 18.3 Å². The van der Waals surface area contributed by atoms with Gasteiger partial charge in [0, 0.05) is 50.6 Å². The number of aliphatic carboxylic acids is 1. The van der Waals surface area contributed by atoms with Gasteiger partial charge in [-0.15, -0.1) is 11.3 Å². The number of benzene rings is 1. The minimum atomic E-state index is -1.11. The third-order valence-electron chi connectivity index (χ3n) is 5.39. The van der Waals surface area contributed by atoms with Gasteiger partial charge in [-0.3, -0.25) is 24.1 Å². The van der Waals surface area contributed by atoms with Crippen LogP contribution in [-0.4, -0.2) is 96.0 Å². The van der Waals surface area contributed by atoms with E-state index in [1.54, 1.807) is 22.4 Å². The van der Waals surface area contributed by atoms with Gasteiger partial charge >= 0.3 is 5.97 Å². The van der Waals surface area contributed by atoms with Gasteiger partial charge in [-0.1, -0.05) is 11.6 Å². The van der Waals surface area contributed by atoms with Gasteiger partial charge in [0.05, 0.1) is 23.7 Å². The smallest absolute Gasteiger partial charge is 0.322 e. The molecule has 1 aromatic carbocycles. The van der Waals surface area contributed by atoms with Crippen LogP contribution in [0, 0.1) is 0 Å². The molecule has 1 aliphatic rings. The zero-order chi connectivity index (χ0) is 26.1. The predicted octanol–water partition coefficient (Wildman–Crippen LogP) is 0.866. The molecule has 13 heteroatoms. The van der Waals surface area contributed by atoms with Gasteiger partial charge in [-0.25, -0.2) is 4.98 Å². The summed E-state index contributed by atoms with van der Waals surface area (Å²) in [6.45, 7) is 4.82. The largest absolute Gasteiger partial charge is 0.492 e. The number of halogens is 1. The van der Waals surface area contributed by atoms with Gasteiger partial charge in [-0.05, 0) is 18.2 Å². The topological polar surface area (TPSA) is 141 Å². The summed E-state index contributed by atoms with van der Waals surface area (Å²) in [4.78, 5) is 53.8. The van der Waals surface area contributed by atoms with Crippen LogP contribution in [0.3, 0.4) is 0 Å². The molecular weight excluding hydrogens is 510 g/mol. The molecule has 3 N–H and O–H groups in total. The second kappa shape index (κ2) is 13.2. The molecule has 11 nitrogen and oxygen atoms in total. The first-order chi connectivity index (χ1) is 17.2. The van der Waals surface area contributed by atoms with Gasteiger partial charge < -0.3 is 25.4 Å². The van der Waals surface area contributed by atoms with Crippen LogP contribution in [0.25, 0.3) is 10.6 Å². The summed E-state index contributed by atoms with van der Waals surface area (Å²) in [6.07, 6.45) is -0.0136. The molecule has 0 atom stereocenters. The van der Waals surface area contributed by atoms with Crippen molar-refractivity contribution in [1.82, 2.24) is 25.4 Å². The van der Waals surface area contributed by atoms with E-state index in [2.05, 4.69) is 20.5 Å². The van der Waals surface area contributed by atoms with Crippen LogP contribution in [0.4, 0.5) is 0 Å². The quantitative estimate of drug-likeness (QED) is 0.383. The van der Waals surface area contributed by atoms with Crippen LogP contribution in [0.2, 0.25) is 5.02 Å². The Kier molecular flexibility index (Phi) is 10.0. The Hall–Kier alpha value is -3.22. The van der Waals surface area contributed by atoms with Crippen molar-refractivity contribution in [2.24, 2.45) is 0 Å². The number of piperazine rings is 1. The van der Waals surface area contributed by atoms with Gasteiger partial charge in [0.2, 0.25) is 17.7 Å². The van der Waals surface area contributed by atoms with Crippen molar-refractivity contribution >= 4 is 46.6 Å². The van der Waals surface area contributed by atoms with Gasteiger partial charge in [0.1, 0.15) is 23.9 Å². The molecule has 1 saturated heterocycles. The average molecular weight is 538 g/mol. The van der Waals surface area contributed by atoms with Crippen molar-refractivity contribution in [2.45, 2.75) is 13.3 Å². The number of carbonyl (C=O) groups is 4. The van der Waals surface area contributed by atoms with Crippen LogP contribution >= 0.6 is 22.9 Å². The van der Waals surface area contributed by atoms with Crippen molar-refractivity contribution in [2.75, 3.05) is 52.4 Å². The van der Waals surface area contributed by atoms with E-state index in [4.69, 9.17) is 21.4 Å². The van der Waals surface area contributed by atoms with Crippen molar-refractivity contribution in [3.05, 3.63) is 34.3 Å². The molecule has 1 aliphatic heterocycles. The number of thiazole rings is 1. The first kappa shape index (κ1) is 27.4. The minimum Gasteiger partial charge on any atom is -0.492 e. The highest BCUT2D eigenvalue weighted by molar-refractivity contribution is 7.13. The van der Waals surface area contributed by atoms with E-state index in [0.29, 0.717) is 53.3 Å². The first-order valence-electron chi connectivity index (χ1n) is 11.3. The predicted molar refractivity (Wildman–Crippen MR) is 134 cm³/mol. The number of carbonyl (C=O) groups excluding carboxylic acids is 3. The third kappa shape index (κ3) is 8.47. The van der Waals surface area contributed by atoms with Gasteiger partial charge in [0.15, 0.2) is 0 Å². The number of hydrogen-bond acceptors (Lipinski definition) is 8. The molecule has 2 aromatic rings. The van der Waals surface area contributed by atoms with Crippen LogP contribution in [0.15, 0.2) is 23.6 Å². The molecule has 0 saturated carbocycles. The maximum atomic E-state index is 12.1. The Morgan fingerprint density at radius 3 is 2.56 bits per heavy atom. The van der Waals surface area contributed by atoms with E-state index >= 15 is 0 Å². The van der Waals surface area contributed by atoms with Crippen LogP contribution < -0.4 is 15.4 Å². The average Bonchev–Trinajstić information content (AvgIpc) is 3.29. The second-order valence-electron chi connectivity index (χ2n) is 8.11. The number of nitrogens with one attached hydrogen (secondary N) is 2. The van der Waals surface area contributed by atoms with Gasteiger partial charge in [-0.2, -0.15) is 0 Å². The van der Waals surface area contributed by atoms with E-state index in [-0.39, 0.29) is 24.8 Å². The lowest BCUT2D eigenvalue weighted by Gasteiger charge is -2.34. The Balaban J connectivity index is 1.43. The van der Waals surface area contributed by atoms with Crippen molar-refractivity contribution in [3.8, 4) is 16.3 Å². The molecule has 1 aromatic heterocycles. The van der Waals surface area contributed by atoms with Crippen molar-refractivity contribution in [1.29, 1.82) is 0 Å². The number of rotatable bonds is 11. The molecule has 3 amide bonds. The number of carboxylic acids is 1. The number of nitrogens with zero attached hydrogens (tertiary/aromatic N) is 3. The Morgan fingerprint density at radius 2 is 1.89 bits per heavy atom. The molecule has 194 valence electrons. The minimum absolute atomic E-state index is 0.0136. The summed E-state index contributed by atoms with van der Waals surface area (Å²) in [7, 11) is 0. The number of carboxylic acid groups (broad SMARTS) is 1. The molecule has 2 heterocycles. The van der Waals surface area contributed by atoms with E-state index in [0.717, 1.165) is 13.1 Å². The van der Waals surface area contributed by atoms with Crippen LogP contribution in [-0.2, 0) is 25.6 Å². The monoisotopic (exact) mass is 537 g/mol. The third-order valence-corrected chi connectivity index (χ3v) is 6.63. The Morgan fingerprint density at radius 1 is 1.14 bits per heavy atom. The van der Waals surface area contributed by atoms with Crippen molar-refractivity contribution in [3.63, 3.8) is 0 Å². The van der Waals surface area contributed by atoms with E-state index < -0.39 is 18.4 Å². The summed E-state index contributed by atoms with van der Waals surface area (Å²) in [5.41, 5.74) is 1.25. The number of ether oxygens (including phenoxy) is 1. The molecule has 0 radical (unpaired) electrons. The molecule has 0 unspecified atom stereocenters. The highest BCUT2D eigenvalue weighted by atomic mass is 35.5. The van der Waals surface area contributed by atoms with Gasteiger partial charge in [0.25, 0.3) is 0 Å². The number of amides is 3. The molecular formula is C23H28ClN5O6S. The molecule has 0 bridgehead atoms. The molecule has 3 rings (SSSR count). The Labute approximate surface area is 217 Å². The maximum Gasteiger partial charge on any atom is 0.322 e. The standard InChI is InChI=1S/C23H28ClN5O6S/c1-15(30)25-12-21(32)29-6-4-28(5-7-29)8-9-35-17-2-3-18(19(24)11-17)23-27-16(14-36-23)10-20(31)26-13-22(33)34/h2-3,11,14H,4-10,12-13H2,1H3,(H,25,30)(H,26,31)(H,33,34). The fraction of sp³-hybridized carbons (Fsp3) is 0.435. The summed E-state index contributed by atoms with van der Waals surface area (Å²) in [5.74, 6) is -1.20. The Bertz CT molecular complexity index is 1100. The molecule has 1 fully saturated rings. The van der Waals surface area contributed by atoms with Crippen LogP contribution in [0.1, 0.15) is 12.6 Å². The summed E-state index contributed by atoms with van der Waals surface area (Å²) >= 11 is 7.79. The molecule has 36 heavy (non-hydrogen) atoms.